The van der Waals surface area contributed by atoms with Crippen LogP contribution in [0.25, 0.3) is 6.08 Å². The second kappa shape index (κ2) is 4.82. The summed E-state index contributed by atoms with van der Waals surface area (Å²) in [4.78, 5) is 0. The maximum Gasteiger partial charge on any atom is 0.634 e. The van der Waals surface area contributed by atoms with Crippen molar-refractivity contribution < 1.29 is 14.7 Å². The Morgan fingerprint density at radius 2 is 1.92 bits per heavy atom. The normalized spacial score (nSPS) is 9.69. The molecule has 0 radical (unpaired) electrons. The Bertz CT molecular complexity index is 269. The Morgan fingerprint density at radius 3 is 2.38 bits per heavy atom. The van der Waals surface area contributed by atoms with Crippen LogP contribution in [0.15, 0.2) is 30.8 Å². The van der Waals surface area contributed by atoms with E-state index in [4.69, 9.17) is 10.0 Å². The molecule has 68 valence electrons. The molecule has 1 aromatic rings. The lowest BCUT2D eigenvalue weighted by atomic mass is 10.1. The van der Waals surface area contributed by atoms with Crippen LogP contribution in [-0.4, -0.2) is 17.4 Å². The molecule has 0 spiro atoms. The Kier molecular flexibility index (Phi) is 3.70. The van der Waals surface area contributed by atoms with Crippen LogP contribution < -0.4 is 0 Å². The van der Waals surface area contributed by atoms with Crippen molar-refractivity contribution in [3.8, 4) is 0 Å². The lowest BCUT2D eigenvalue weighted by Gasteiger charge is -2.02. The molecule has 0 atom stereocenters. The van der Waals surface area contributed by atoms with E-state index in [1.165, 1.54) is 0 Å². The highest BCUT2D eigenvalue weighted by Crippen LogP contribution is 2.06. The van der Waals surface area contributed by atoms with Crippen LogP contribution in [0.2, 0.25) is 0 Å². The van der Waals surface area contributed by atoms with Gasteiger partial charge in [0.25, 0.3) is 0 Å². The molecule has 0 amide bonds. The lowest BCUT2D eigenvalue weighted by Crippen LogP contribution is -2.16. The van der Waals surface area contributed by atoms with Crippen LogP contribution in [0.1, 0.15) is 11.1 Å². The van der Waals surface area contributed by atoms with Gasteiger partial charge in [0, 0.05) is 0 Å². The predicted molar refractivity (Wildman–Crippen MR) is 51.5 cm³/mol. The van der Waals surface area contributed by atoms with Crippen LogP contribution in [-0.2, 0) is 11.3 Å². The highest BCUT2D eigenvalue weighted by atomic mass is 16.6. The van der Waals surface area contributed by atoms with Gasteiger partial charge in [0.05, 0.1) is 6.61 Å². The van der Waals surface area contributed by atoms with Gasteiger partial charge in [-0.3, -0.25) is 0 Å². The Hall–Kier alpha value is -1.10. The summed E-state index contributed by atoms with van der Waals surface area (Å²) in [7, 11) is -1.71. The third-order valence-corrected chi connectivity index (χ3v) is 1.61. The van der Waals surface area contributed by atoms with Gasteiger partial charge in [-0.15, -0.1) is 0 Å². The van der Waals surface area contributed by atoms with Gasteiger partial charge < -0.3 is 14.7 Å². The fourth-order valence-electron chi connectivity index (χ4n) is 0.921. The van der Waals surface area contributed by atoms with Crippen LogP contribution in [0.5, 0.6) is 0 Å². The van der Waals surface area contributed by atoms with Gasteiger partial charge in [-0.05, 0) is 11.1 Å². The average molecular weight is 178 g/mol. The van der Waals surface area contributed by atoms with E-state index < -0.39 is 7.32 Å². The maximum atomic E-state index is 8.43. The maximum absolute atomic E-state index is 8.43. The van der Waals surface area contributed by atoms with Crippen LogP contribution in [0.4, 0.5) is 0 Å². The van der Waals surface area contributed by atoms with E-state index in [-0.39, 0.29) is 6.61 Å². The summed E-state index contributed by atoms with van der Waals surface area (Å²) in [6.45, 7) is 3.81. The fourth-order valence-corrected chi connectivity index (χ4v) is 0.921. The van der Waals surface area contributed by atoms with Crippen molar-refractivity contribution in [1.29, 1.82) is 0 Å². The minimum absolute atomic E-state index is 0.190. The fraction of sp³-hybridized carbons (Fsp3) is 0.111. The molecule has 0 aliphatic heterocycles. The van der Waals surface area contributed by atoms with Gasteiger partial charge in [0.15, 0.2) is 0 Å². The second-order valence-electron chi connectivity index (χ2n) is 2.58. The van der Waals surface area contributed by atoms with E-state index in [1.807, 2.05) is 24.3 Å². The number of hydrogen-bond donors (Lipinski definition) is 2. The highest BCUT2D eigenvalue weighted by Gasteiger charge is 2.07. The summed E-state index contributed by atoms with van der Waals surface area (Å²) < 4.78 is 4.59. The van der Waals surface area contributed by atoms with Crippen molar-refractivity contribution in [3.05, 3.63) is 42.0 Å². The molecule has 13 heavy (non-hydrogen) atoms. The summed E-state index contributed by atoms with van der Waals surface area (Å²) in [5, 5.41) is 16.9. The van der Waals surface area contributed by atoms with Crippen molar-refractivity contribution in [3.63, 3.8) is 0 Å². The van der Waals surface area contributed by atoms with Crippen LogP contribution in [0, 0.1) is 0 Å². The molecule has 0 heterocycles. The Labute approximate surface area is 77.5 Å². The van der Waals surface area contributed by atoms with Gasteiger partial charge in [-0.2, -0.15) is 0 Å². The summed E-state index contributed by atoms with van der Waals surface area (Å²) in [6.07, 6.45) is 1.74. The summed E-state index contributed by atoms with van der Waals surface area (Å²) in [6, 6.07) is 7.46. The van der Waals surface area contributed by atoms with Gasteiger partial charge in [0.2, 0.25) is 0 Å². The largest absolute Gasteiger partial charge is 0.634 e. The molecule has 0 unspecified atom stereocenters. The van der Waals surface area contributed by atoms with Crippen molar-refractivity contribution >= 4 is 13.4 Å². The summed E-state index contributed by atoms with van der Waals surface area (Å²) >= 11 is 0. The lowest BCUT2D eigenvalue weighted by molar-refractivity contribution is 0.177. The van der Waals surface area contributed by atoms with Crippen LogP contribution in [0.3, 0.4) is 0 Å². The molecule has 2 N–H and O–H groups in total. The molecule has 1 aromatic carbocycles. The average Bonchev–Trinajstić information content (AvgIpc) is 2.15. The first-order valence-corrected chi connectivity index (χ1v) is 3.91. The first-order chi connectivity index (χ1) is 6.22. The van der Waals surface area contributed by atoms with Crippen LogP contribution >= 0.6 is 0 Å². The van der Waals surface area contributed by atoms with E-state index in [2.05, 4.69) is 11.2 Å². The third-order valence-electron chi connectivity index (χ3n) is 1.61. The molecule has 0 aliphatic carbocycles. The molecule has 1 rings (SSSR count). The first kappa shape index (κ1) is 9.99. The number of rotatable bonds is 4. The zero-order chi connectivity index (χ0) is 9.68. The molecule has 0 saturated carbocycles. The monoisotopic (exact) mass is 178 g/mol. The van der Waals surface area contributed by atoms with Crippen molar-refractivity contribution in [2.45, 2.75) is 6.61 Å². The number of hydrogen-bond acceptors (Lipinski definition) is 3. The Balaban J connectivity index is 2.54. The van der Waals surface area contributed by atoms with Crippen molar-refractivity contribution in [2.24, 2.45) is 0 Å². The van der Waals surface area contributed by atoms with E-state index >= 15 is 0 Å². The molecule has 4 heteroatoms. The molecule has 3 nitrogen and oxygen atoms in total. The Morgan fingerprint density at radius 1 is 1.31 bits per heavy atom. The summed E-state index contributed by atoms with van der Waals surface area (Å²) in [5.74, 6) is 0. The molecular weight excluding hydrogens is 167 g/mol. The van der Waals surface area contributed by atoms with Crippen molar-refractivity contribution in [1.82, 2.24) is 0 Å². The first-order valence-electron chi connectivity index (χ1n) is 3.91. The van der Waals surface area contributed by atoms with E-state index in [0.717, 1.165) is 11.1 Å². The van der Waals surface area contributed by atoms with Gasteiger partial charge in [0.1, 0.15) is 0 Å². The molecule has 0 aliphatic rings. The topological polar surface area (TPSA) is 49.7 Å². The van der Waals surface area contributed by atoms with Gasteiger partial charge in [-0.25, -0.2) is 0 Å². The molecule has 0 aromatic heterocycles. The minimum Gasteiger partial charge on any atom is -0.402 e. The van der Waals surface area contributed by atoms with Gasteiger partial charge in [-0.1, -0.05) is 36.9 Å². The minimum atomic E-state index is -1.71. The molecular formula is C9H11BO3. The zero-order valence-electron chi connectivity index (χ0n) is 7.18. The third kappa shape index (κ3) is 3.42. The molecule has 0 fully saturated rings. The van der Waals surface area contributed by atoms with E-state index in [0.29, 0.717) is 0 Å². The summed E-state index contributed by atoms with van der Waals surface area (Å²) in [5.41, 5.74) is 1.91. The second-order valence-corrected chi connectivity index (χ2v) is 2.58. The van der Waals surface area contributed by atoms with Gasteiger partial charge >= 0.3 is 7.32 Å². The number of benzene rings is 1. The molecule has 0 saturated heterocycles. The standard InChI is InChI=1S/C9H11BO3/c1-2-8-3-5-9(6-4-8)7-13-10(11)12/h2-6,11-12H,1,7H2. The highest BCUT2D eigenvalue weighted by molar-refractivity contribution is 6.32. The smallest absolute Gasteiger partial charge is 0.402 e. The SMILES string of the molecule is C=Cc1ccc(COB(O)O)cc1. The van der Waals surface area contributed by atoms with Crippen molar-refractivity contribution in [2.75, 3.05) is 0 Å². The van der Waals surface area contributed by atoms with E-state index in [1.54, 1.807) is 6.08 Å². The van der Waals surface area contributed by atoms with E-state index in [9.17, 15) is 0 Å². The quantitative estimate of drug-likeness (QED) is 0.670. The predicted octanol–water partition coefficient (Wildman–Crippen LogP) is 0.816. The molecule has 0 bridgehead atoms. The zero-order valence-corrected chi connectivity index (χ0v) is 7.18.